The molecule has 0 saturated heterocycles. The van der Waals surface area contributed by atoms with Crippen molar-refractivity contribution in [3.63, 3.8) is 0 Å². The van der Waals surface area contributed by atoms with Gasteiger partial charge < -0.3 is 12.3 Å². The van der Waals surface area contributed by atoms with Gasteiger partial charge in [0, 0.05) is 0 Å². The molecular weight excluding hydrogens is 328 g/mol. The fourth-order valence-electron chi connectivity index (χ4n) is 2.10. The summed E-state index contributed by atoms with van der Waals surface area (Å²) in [5.41, 5.74) is 0. The highest BCUT2D eigenvalue weighted by atomic mass is 28.5. The first-order valence-electron chi connectivity index (χ1n) is 8.47. The molecule has 0 rings (SSSR count). The van der Waals surface area contributed by atoms with E-state index in [0.29, 0.717) is 0 Å². The van der Waals surface area contributed by atoms with Crippen molar-refractivity contribution in [2.24, 2.45) is 0 Å². The van der Waals surface area contributed by atoms with E-state index in [0.717, 1.165) is 24.2 Å². The Morgan fingerprint density at radius 3 is 0.952 bits per heavy atom. The maximum atomic E-state index is 6.70. The highest BCUT2D eigenvalue weighted by molar-refractivity contribution is 6.90. The van der Waals surface area contributed by atoms with Crippen molar-refractivity contribution in [2.75, 3.05) is 0 Å². The molecule has 2 unspecified atom stereocenters. The van der Waals surface area contributed by atoms with Crippen LogP contribution >= 0.6 is 0 Å². The first kappa shape index (κ1) is 21.7. The van der Waals surface area contributed by atoms with Crippen LogP contribution in [0.25, 0.3) is 0 Å². The Bertz CT molecular complexity index is 295. The van der Waals surface area contributed by atoms with Gasteiger partial charge in [-0.2, -0.15) is 0 Å². The fraction of sp³-hybridized carbons (Fsp3) is 1.00. The van der Waals surface area contributed by atoms with Crippen LogP contribution in [0.3, 0.4) is 0 Å². The summed E-state index contributed by atoms with van der Waals surface area (Å²) >= 11 is 0. The van der Waals surface area contributed by atoms with E-state index >= 15 is 0 Å². The van der Waals surface area contributed by atoms with Crippen molar-refractivity contribution in [3.8, 4) is 0 Å². The van der Waals surface area contributed by atoms with Gasteiger partial charge in [-0.25, -0.2) is 0 Å². The van der Waals surface area contributed by atoms with E-state index in [9.17, 15) is 0 Å². The fourth-order valence-corrected chi connectivity index (χ4v) is 19.7. The smallest absolute Gasteiger partial charge is 0.315 e. The molecule has 21 heavy (non-hydrogen) atoms. The van der Waals surface area contributed by atoms with E-state index in [1.807, 2.05) is 0 Å². The predicted molar refractivity (Wildman–Crippen MR) is 103 cm³/mol. The Labute approximate surface area is 137 Å². The molecular formula is C14H38O3Si4. The quantitative estimate of drug-likeness (QED) is 0.466. The summed E-state index contributed by atoms with van der Waals surface area (Å²) in [7, 11) is -7.45. The molecule has 128 valence electrons. The molecule has 0 bridgehead atoms. The molecule has 0 aromatic heterocycles. The summed E-state index contributed by atoms with van der Waals surface area (Å²) in [5, 5.41) is 0. The molecule has 0 N–H and O–H groups in total. The molecule has 0 spiro atoms. The summed E-state index contributed by atoms with van der Waals surface area (Å²) < 4.78 is 19.9. The maximum Gasteiger partial charge on any atom is 0.315 e. The third kappa shape index (κ3) is 7.71. The van der Waals surface area contributed by atoms with Crippen LogP contribution in [0.15, 0.2) is 0 Å². The Balaban J connectivity index is 5.13. The van der Waals surface area contributed by atoms with E-state index in [1.54, 1.807) is 0 Å². The van der Waals surface area contributed by atoms with Crippen LogP contribution in [0.5, 0.6) is 0 Å². The molecule has 0 aliphatic heterocycles. The van der Waals surface area contributed by atoms with Crippen LogP contribution in [-0.4, -0.2) is 33.8 Å². The predicted octanol–water partition coefficient (Wildman–Crippen LogP) is 5.67. The van der Waals surface area contributed by atoms with Crippen molar-refractivity contribution in [1.82, 2.24) is 0 Å². The van der Waals surface area contributed by atoms with Crippen LogP contribution in [-0.2, 0) is 12.3 Å². The average Bonchev–Trinajstić information content (AvgIpc) is 2.37. The Morgan fingerprint density at radius 1 is 0.476 bits per heavy atom. The SMILES string of the molecule is CC[Si](C)(C)O[Si](C)(CC)O[Si](C)(CC)O[Si](C)(C)CC. The summed E-state index contributed by atoms with van der Waals surface area (Å²) in [4.78, 5) is 0. The molecule has 0 amide bonds. The Hall–Kier alpha value is 0.748. The minimum absolute atomic E-state index is 1.00. The molecule has 0 heterocycles. The zero-order chi connectivity index (χ0) is 16.9. The number of hydrogen-bond acceptors (Lipinski definition) is 3. The molecule has 3 nitrogen and oxygen atoms in total. The Kier molecular flexibility index (Phi) is 8.31. The van der Waals surface area contributed by atoms with Gasteiger partial charge in [0.25, 0.3) is 0 Å². The lowest BCUT2D eigenvalue weighted by Gasteiger charge is -2.43. The lowest BCUT2D eigenvalue weighted by atomic mass is 11.0. The van der Waals surface area contributed by atoms with Gasteiger partial charge in [-0.1, -0.05) is 27.7 Å². The van der Waals surface area contributed by atoms with Gasteiger partial charge in [-0.15, -0.1) is 0 Å². The molecule has 0 aromatic rings. The highest BCUT2D eigenvalue weighted by Crippen LogP contribution is 2.30. The van der Waals surface area contributed by atoms with Crippen molar-refractivity contribution in [1.29, 1.82) is 0 Å². The number of rotatable bonds is 10. The minimum atomic E-state index is -2.13. The maximum absolute atomic E-state index is 6.70. The molecule has 0 aliphatic carbocycles. The first-order valence-corrected chi connectivity index (χ1v) is 19.7. The van der Waals surface area contributed by atoms with Crippen LogP contribution in [0, 0.1) is 0 Å². The van der Waals surface area contributed by atoms with Crippen molar-refractivity contribution < 1.29 is 12.3 Å². The Morgan fingerprint density at radius 2 is 0.762 bits per heavy atom. The van der Waals surface area contributed by atoms with E-state index in [2.05, 4.69) is 67.0 Å². The van der Waals surface area contributed by atoms with E-state index < -0.39 is 33.8 Å². The second-order valence-electron chi connectivity index (χ2n) is 7.51. The van der Waals surface area contributed by atoms with Crippen LogP contribution in [0.4, 0.5) is 0 Å². The molecule has 0 aliphatic rings. The molecule has 2 atom stereocenters. The summed E-state index contributed by atoms with van der Waals surface area (Å²) in [5.74, 6) is 0. The average molecular weight is 367 g/mol. The van der Waals surface area contributed by atoms with Crippen molar-refractivity contribution in [3.05, 3.63) is 0 Å². The summed E-state index contributed by atoms with van der Waals surface area (Å²) in [6.45, 7) is 22.6. The minimum Gasteiger partial charge on any atom is -0.436 e. The van der Waals surface area contributed by atoms with Crippen LogP contribution in [0.1, 0.15) is 27.7 Å². The van der Waals surface area contributed by atoms with Gasteiger partial charge in [0.2, 0.25) is 0 Å². The topological polar surface area (TPSA) is 27.7 Å². The van der Waals surface area contributed by atoms with E-state index in [1.165, 1.54) is 0 Å². The van der Waals surface area contributed by atoms with Gasteiger partial charge in [0.15, 0.2) is 16.6 Å². The van der Waals surface area contributed by atoms with E-state index in [-0.39, 0.29) is 0 Å². The van der Waals surface area contributed by atoms with Gasteiger partial charge in [-0.05, 0) is 63.5 Å². The first-order chi connectivity index (χ1) is 9.36. The number of hydrogen-bond donors (Lipinski definition) is 0. The highest BCUT2D eigenvalue weighted by Gasteiger charge is 2.45. The lowest BCUT2D eigenvalue weighted by molar-refractivity contribution is 0.317. The van der Waals surface area contributed by atoms with Gasteiger partial charge >= 0.3 is 17.1 Å². The summed E-state index contributed by atoms with van der Waals surface area (Å²) in [6.07, 6.45) is 0. The van der Waals surface area contributed by atoms with E-state index in [4.69, 9.17) is 12.3 Å². The largest absolute Gasteiger partial charge is 0.436 e. The van der Waals surface area contributed by atoms with Crippen LogP contribution in [0.2, 0.25) is 63.5 Å². The zero-order valence-corrected chi connectivity index (χ0v) is 20.1. The molecule has 7 heteroatoms. The third-order valence-corrected chi connectivity index (χ3v) is 21.7. The standard InChI is InChI=1S/C14H38O3Si4/c1-11-18(5,6)15-20(9,13-3)17-21(10,14-4)16-19(7,8)12-2/h11-14H2,1-10H3. The van der Waals surface area contributed by atoms with Gasteiger partial charge in [0.05, 0.1) is 0 Å². The van der Waals surface area contributed by atoms with Crippen molar-refractivity contribution in [2.45, 2.75) is 91.2 Å². The monoisotopic (exact) mass is 366 g/mol. The second kappa shape index (κ2) is 8.03. The molecule has 0 saturated carbocycles. The van der Waals surface area contributed by atoms with Crippen LogP contribution < -0.4 is 0 Å². The molecule has 0 radical (unpaired) electrons. The third-order valence-electron chi connectivity index (χ3n) is 4.40. The summed E-state index contributed by atoms with van der Waals surface area (Å²) in [6, 6.07) is 4.28. The lowest BCUT2D eigenvalue weighted by Crippen LogP contribution is -2.58. The van der Waals surface area contributed by atoms with Gasteiger partial charge in [0.1, 0.15) is 0 Å². The zero-order valence-electron chi connectivity index (χ0n) is 16.1. The normalized spacial score (nSPS) is 19.1. The van der Waals surface area contributed by atoms with Gasteiger partial charge in [-0.3, -0.25) is 0 Å². The molecule has 0 aromatic carbocycles. The van der Waals surface area contributed by atoms with Crippen molar-refractivity contribution >= 4 is 33.8 Å². The molecule has 0 fully saturated rings. The second-order valence-corrected chi connectivity index (χ2v) is 24.4.